The Hall–Kier alpha value is -0.123. The highest BCUT2D eigenvalue weighted by molar-refractivity contribution is 7.62. The fourth-order valence-electron chi connectivity index (χ4n) is 1.57. The lowest BCUT2D eigenvalue weighted by Gasteiger charge is -2.19. The average Bonchev–Trinajstić information content (AvgIpc) is 2.29. The average molecular weight is 307 g/mol. The Bertz CT molecular complexity index is 418. The zero-order valence-electron chi connectivity index (χ0n) is 11.3. The Morgan fingerprint density at radius 2 is 1.56 bits per heavy atom. The van der Waals surface area contributed by atoms with E-state index in [0.717, 1.165) is 5.19 Å². The van der Waals surface area contributed by atoms with E-state index in [-0.39, 0.29) is 0 Å². The van der Waals surface area contributed by atoms with Crippen molar-refractivity contribution in [3.05, 3.63) is 24.3 Å². The first-order valence-corrected chi connectivity index (χ1v) is 11.6. The van der Waals surface area contributed by atoms with Crippen molar-refractivity contribution < 1.29 is 13.6 Å². The largest absolute Gasteiger partial charge is 0.361 e. The van der Waals surface area contributed by atoms with Crippen molar-refractivity contribution in [2.75, 3.05) is 13.2 Å². The van der Waals surface area contributed by atoms with E-state index in [9.17, 15) is 4.57 Å². The molecular weight excluding hydrogens is 287 g/mol. The number of hydrogen-bond acceptors (Lipinski definition) is 3. The van der Waals surface area contributed by atoms with Gasteiger partial charge in [0.25, 0.3) is 0 Å². The van der Waals surface area contributed by atoms with Crippen LogP contribution in [0.1, 0.15) is 13.8 Å². The van der Waals surface area contributed by atoms with Crippen LogP contribution < -0.4 is 10.5 Å². The van der Waals surface area contributed by atoms with Crippen molar-refractivity contribution >= 4 is 36.5 Å². The first kappa shape index (κ1) is 15.9. The highest BCUT2D eigenvalue weighted by Gasteiger charge is 2.27. The topological polar surface area (TPSA) is 35.5 Å². The lowest BCUT2D eigenvalue weighted by molar-refractivity contribution is 0.230. The number of rotatable bonds is 6. The minimum absolute atomic E-state index is 0.356. The predicted molar refractivity (Wildman–Crippen MR) is 79.9 cm³/mol. The summed E-state index contributed by atoms with van der Waals surface area (Å²) in [6.07, 6.45) is 0. The molecule has 0 amide bonds. The molecule has 0 atom stereocenters. The van der Waals surface area contributed by atoms with Gasteiger partial charge in [-0.25, -0.2) is 0 Å². The van der Waals surface area contributed by atoms with Crippen LogP contribution in [0.25, 0.3) is 0 Å². The van der Waals surface area contributed by atoms with E-state index in [2.05, 4.69) is 0 Å². The summed E-state index contributed by atoms with van der Waals surface area (Å²) in [5.41, 5.74) is 0. The van der Waals surface area contributed by atoms with E-state index in [1.54, 1.807) is 26.0 Å². The van der Waals surface area contributed by atoms with Gasteiger partial charge >= 0.3 is 7.60 Å². The zero-order valence-corrected chi connectivity index (χ0v) is 13.9. The summed E-state index contributed by atoms with van der Waals surface area (Å²) in [7, 11) is -5.02. The number of halogens is 1. The molecule has 0 N–H and O–H groups in total. The molecule has 0 aromatic heterocycles. The molecule has 6 heteroatoms. The zero-order chi connectivity index (χ0) is 13.8. The van der Waals surface area contributed by atoms with Crippen LogP contribution in [0.2, 0.25) is 13.1 Å². The quantitative estimate of drug-likeness (QED) is 0.460. The second kappa shape index (κ2) is 6.35. The summed E-state index contributed by atoms with van der Waals surface area (Å²) in [5.74, 6) is 0. The van der Waals surface area contributed by atoms with E-state index in [1.165, 1.54) is 0 Å². The molecule has 0 unspecified atom stereocenters. The molecule has 0 bridgehead atoms. The summed E-state index contributed by atoms with van der Waals surface area (Å²) < 4.78 is 23.1. The molecule has 102 valence electrons. The fraction of sp³-hybridized carbons (Fsp3) is 0.500. The monoisotopic (exact) mass is 306 g/mol. The van der Waals surface area contributed by atoms with E-state index in [0.29, 0.717) is 18.5 Å². The molecule has 1 aromatic carbocycles. The molecular formula is C12H20ClO3PSi. The van der Waals surface area contributed by atoms with Gasteiger partial charge in [0.15, 0.2) is 7.38 Å². The summed E-state index contributed by atoms with van der Waals surface area (Å²) in [4.78, 5) is 0. The second-order valence-electron chi connectivity index (χ2n) is 4.35. The first-order valence-electron chi connectivity index (χ1n) is 6.02. The van der Waals surface area contributed by atoms with Crippen molar-refractivity contribution in [3.63, 3.8) is 0 Å². The summed E-state index contributed by atoms with van der Waals surface area (Å²) in [6.45, 7) is 8.41. The van der Waals surface area contributed by atoms with Crippen molar-refractivity contribution in [3.8, 4) is 0 Å². The van der Waals surface area contributed by atoms with Gasteiger partial charge in [0, 0.05) is 0 Å². The Balaban J connectivity index is 3.05. The first-order chi connectivity index (χ1) is 8.33. The molecule has 18 heavy (non-hydrogen) atoms. The van der Waals surface area contributed by atoms with Crippen LogP contribution >= 0.6 is 18.7 Å². The molecule has 1 rings (SSSR count). The van der Waals surface area contributed by atoms with Crippen molar-refractivity contribution in [2.24, 2.45) is 0 Å². The van der Waals surface area contributed by atoms with Crippen molar-refractivity contribution in [1.82, 2.24) is 0 Å². The van der Waals surface area contributed by atoms with Gasteiger partial charge in [-0.05, 0) is 31.2 Å². The van der Waals surface area contributed by atoms with Gasteiger partial charge in [0.2, 0.25) is 0 Å². The predicted octanol–water partition coefficient (Wildman–Crippen LogP) is 3.23. The van der Waals surface area contributed by atoms with Gasteiger partial charge in [-0.1, -0.05) is 25.2 Å². The van der Waals surface area contributed by atoms with Gasteiger partial charge in [-0.2, -0.15) is 11.1 Å². The molecule has 0 radical (unpaired) electrons. The molecule has 0 saturated heterocycles. The molecule has 1 aromatic rings. The maximum absolute atomic E-state index is 12.5. The van der Waals surface area contributed by atoms with Crippen molar-refractivity contribution in [1.29, 1.82) is 0 Å². The lowest BCUT2D eigenvalue weighted by Crippen LogP contribution is -2.35. The summed E-state index contributed by atoms with van der Waals surface area (Å²) in [5, 5.41) is 1.69. The van der Waals surface area contributed by atoms with Gasteiger partial charge in [-0.3, -0.25) is 4.57 Å². The molecule has 0 aliphatic carbocycles. The third kappa shape index (κ3) is 3.94. The standard InChI is InChI=1S/C12H20ClO3PSi/c1-5-15-17(14,16-6-2)11-7-9-12(10-8-11)18(3,4)13/h7-10H,5-6H2,1-4H3. The Kier molecular flexibility index (Phi) is 5.62. The SMILES string of the molecule is CCOP(=O)(OCC)c1ccc([Si](C)(C)Cl)cc1. The molecule has 0 fully saturated rings. The summed E-state index contributed by atoms with van der Waals surface area (Å²) >= 11 is 6.35. The fourth-order valence-corrected chi connectivity index (χ4v) is 4.47. The minimum Gasteiger partial charge on any atom is -0.305 e. The van der Waals surface area contributed by atoms with Crippen LogP contribution in [0.4, 0.5) is 0 Å². The van der Waals surface area contributed by atoms with E-state index in [4.69, 9.17) is 20.1 Å². The molecule has 3 nitrogen and oxygen atoms in total. The van der Waals surface area contributed by atoms with E-state index in [1.807, 2.05) is 25.2 Å². The van der Waals surface area contributed by atoms with Gasteiger partial charge in [0.1, 0.15) is 0 Å². The van der Waals surface area contributed by atoms with E-state index >= 15 is 0 Å². The van der Waals surface area contributed by atoms with E-state index < -0.39 is 15.0 Å². The molecule has 0 saturated carbocycles. The smallest absolute Gasteiger partial charge is 0.305 e. The third-order valence-corrected chi connectivity index (χ3v) is 6.96. The van der Waals surface area contributed by atoms with Crippen LogP contribution in [0.5, 0.6) is 0 Å². The second-order valence-corrected chi connectivity index (χ2v) is 12.7. The highest BCUT2D eigenvalue weighted by atomic mass is 35.6. The van der Waals surface area contributed by atoms with Crippen molar-refractivity contribution in [2.45, 2.75) is 26.9 Å². The molecule has 0 spiro atoms. The third-order valence-electron chi connectivity index (χ3n) is 2.47. The Morgan fingerprint density at radius 1 is 1.11 bits per heavy atom. The lowest BCUT2D eigenvalue weighted by atomic mass is 10.4. The number of hydrogen-bond donors (Lipinski definition) is 0. The molecule has 0 heterocycles. The van der Waals surface area contributed by atoms with Crippen LogP contribution in [0.15, 0.2) is 24.3 Å². The molecule has 0 aliphatic heterocycles. The maximum Gasteiger partial charge on any atom is 0.361 e. The number of benzene rings is 1. The Morgan fingerprint density at radius 3 is 1.89 bits per heavy atom. The molecule has 0 aliphatic rings. The van der Waals surface area contributed by atoms with Crippen LogP contribution in [-0.4, -0.2) is 20.6 Å². The van der Waals surface area contributed by atoms with Crippen LogP contribution in [0.3, 0.4) is 0 Å². The maximum atomic E-state index is 12.5. The minimum atomic E-state index is -3.17. The normalized spacial score (nSPS) is 12.7. The highest BCUT2D eigenvalue weighted by Crippen LogP contribution is 2.46. The summed E-state index contributed by atoms with van der Waals surface area (Å²) in [6, 6.07) is 7.41. The Labute approximate surface area is 115 Å². The van der Waals surface area contributed by atoms with Crippen LogP contribution in [-0.2, 0) is 13.6 Å². The van der Waals surface area contributed by atoms with Crippen LogP contribution in [0, 0.1) is 0 Å². The van der Waals surface area contributed by atoms with Gasteiger partial charge < -0.3 is 9.05 Å². The van der Waals surface area contributed by atoms with Gasteiger partial charge in [0.05, 0.1) is 18.5 Å². The van der Waals surface area contributed by atoms with Gasteiger partial charge in [-0.15, -0.1) is 0 Å².